The van der Waals surface area contributed by atoms with Gasteiger partial charge in [0.2, 0.25) is 0 Å². The Morgan fingerprint density at radius 1 is 0.925 bits per heavy atom. The molecule has 40 heavy (non-hydrogen) atoms. The number of hydrogen-bond donors (Lipinski definition) is 3. The number of nitrogens with zero attached hydrogens (tertiary/aromatic N) is 2. The monoisotopic (exact) mass is 551 g/mol. The van der Waals surface area contributed by atoms with Crippen molar-refractivity contribution in [3.63, 3.8) is 0 Å². The van der Waals surface area contributed by atoms with E-state index in [0.717, 1.165) is 38.6 Å². The van der Waals surface area contributed by atoms with Crippen LogP contribution in [0.1, 0.15) is 105 Å². The molecule has 222 valence electrons. The smallest absolute Gasteiger partial charge is 0.193 e. The normalized spacial score (nSPS) is 47.5. The summed E-state index contributed by atoms with van der Waals surface area (Å²) in [5, 5.41) is 31.6. The van der Waals surface area contributed by atoms with E-state index in [-0.39, 0.29) is 39.8 Å². The van der Waals surface area contributed by atoms with Crippen LogP contribution in [0.4, 0.5) is 0 Å². The summed E-state index contributed by atoms with van der Waals surface area (Å²) in [6.07, 6.45) is 17.3. The molecule has 0 aromatic carbocycles. The minimum atomic E-state index is -0.182. The van der Waals surface area contributed by atoms with Crippen LogP contribution < -0.4 is 4.57 Å². The van der Waals surface area contributed by atoms with Gasteiger partial charge in [0.15, 0.2) is 18.9 Å². The Labute approximate surface area is 242 Å². The van der Waals surface area contributed by atoms with Crippen LogP contribution in [0, 0.1) is 56.7 Å². The predicted octanol–water partition coefficient (Wildman–Crippen LogP) is 5.85. The van der Waals surface area contributed by atoms with Gasteiger partial charge < -0.3 is 15.3 Å². The number of aromatic nitrogens is 2. The van der Waals surface area contributed by atoms with Crippen molar-refractivity contribution in [2.24, 2.45) is 56.7 Å². The second-order valence-corrected chi connectivity index (χ2v) is 16.3. The predicted molar refractivity (Wildman–Crippen MR) is 157 cm³/mol. The van der Waals surface area contributed by atoms with Crippen LogP contribution >= 0.6 is 0 Å². The van der Waals surface area contributed by atoms with Crippen LogP contribution in [0.2, 0.25) is 0 Å². The fourth-order valence-electron chi connectivity index (χ4n) is 12.5. The first-order valence-corrected chi connectivity index (χ1v) is 16.3. The second kappa shape index (κ2) is 9.61. The van der Waals surface area contributed by atoms with Gasteiger partial charge in [0, 0.05) is 6.61 Å². The molecular weight excluding hydrogens is 496 g/mol. The van der Waals surface area contributed by atoms with Crippen LogP contribution in [-0.2, 0) is 13.2 Å². The first-order valence-electron chi connectivity index (χ1n) is 16.3. The van der Waals surface area contributed by atoms with E-state index in [4.69, 9.17) is 0 Å². The fourth-order valence-corrected chi connectivity index (χ4v) is 12.5. The van der Waals surface area contributed by atoms with E-state index in [2.05, 4.69) is 50.7 Å². The summed E-state index contributed by atoms with van der Waals surface area (Å²) in [5.41, 5.74) is 2.80. The molecule has 4 unspecified atom stereocenters. The van der Waals surface area contributed by atoms with Gasteiger partial charge in [-0.25, -0.2) is 4.98 Å². The topological polar surface area (TPSA) is 77.5 Å². The molecule has 0 bridgehead atoms. The highest BCUT2D eigenvalue weighted by atomic mass is 16.3. The molecule has 1 heterocycles. The van der Waals surface area contributed by atoms with Crippen molar-refractivity contribution < 1.29 is 19.9 Å². The lowest BCUT2D eigenvalue weighted by Crippen LogP contribution is -2.66. The van der Waals surface area contributed by atoms with Crippen molar-refractivity contribution in [1.29, 1.82) is 0 Å². The zero-order chi connectivity index (χ0) is 28.7. The second-order valence-electron chi connectivity index (χ2n) is 16.3. The molecule has 0 amide bonds. The van der Waals surface area contributed by atoms with E-state index >= 15 is 0 Å². The maximum absolute atomic E-state index is 11.0. The molecule has 1 aromatic heterocycles. The third-order valence-corrected chi connectivity index (χ3v) is 14.8. The number of rotatable bonds is 5. The summed E-state index contributed by atoms with van der Waals surface area (Å²) in [5.74, 6) is 2.79. The van der Waals surface area contributed by atoms with Crippen LogP contribution in [0.3, 0.4) is 0 Å². The number of aliphatic hydroxyl groups is 3. The highest BCUT2D eigenvalue weighted by Gasteiger charge is 2.70. The molecule has 5 saturated carbocycles. The maximum atomic E-state index is 11.0. The van der Waals surface area contributed by atoms with Gasteiger partial charge >= 0.3 is 0 Å². The minimum Gasteiger partial charge on any atom is -0.396 e. The largest absolute Gasteiger partial charge is 0.396 e. The van der Waals surface area contributed by atoms with Gasteiger partial charge in [-0.3, -0.25) is 0 Å². The van der Waals surface area contributed by atoms with Gasteiger partial charge in [0.05, 0.1) is 18.9 Å². The van der Waals surface area contributed by atoms with E-state index < -0.39 is 0 Å². The Hall–Kier alpha value is -1.30. The molecule has 3 N–H and O–H groups in total. The molecule has 5 fully saturated rings. The summed E-state index contributed by atoms with van der Waals surface area (Å²) in [7, 11) is 0. The number of fused-ring (bicyclic) bond motifs is 7. The number of aliphatic hydroxyl groups excluding tert-OH is 3. The van der Waals surface area contributed by atoms with Crippen LogP contribution in [-0.4, -0.2) is 33.0 Å². The van der Waals surface area contributed by atoms with Gasteiger partial charge in [0.25, 0.3) is 0 Å². The molecular formula is C35H55N2O3+. The van der Waals surface area contributed by atoms with E-state index in [1.165, 1.54) is 37.7 Å². The zero-order valence-corrected chi connectivity index (χ0v) is 25.8. The Bertz CT molecular complexity index is 1150. The van der Waals surface area contributed by atoms with E-state index in [1.54, 1.807) is 6.20 Å². The van der Waals surface area contributed by atoms with Crippen molar-refractivity contribution in [2.75, 3.05) is 6.61 Å². The molecule has 0 aliphatic heterocycles. The Kier molecular flexibility index (Phi) is 6.92. The van der Waals surface area contributed by atoms with Gasteiger partial charge in [-0.05, 0) is 126 Å². The summed E-state index contributed by atoms with van der Waals surface area (Å²) < 4.78 is 2.13. The summed E-state index contributed by atoms with van der Waals surface area (Å²) in [6.45, 7) is 18.3. The van der Waals surface area contributed by atoms with Crippen molar-refractivity contribution in [2.45, 2.75) is 118 Å². The lowest BCUT2D eigenvalue weighted by molar-refractivity contribution is -0.690. The first kappa shape index (κ1) is 28.8. The fraction of sp³-hybridized carbons (Fsp3) is 0.829. The summed E-state index contributed by atoms with van der Waals surface area (Å²) in [4.78, 5) is 4.26. The highest BCUT2D eigenvalue weighted by molar-refractivity contribution is 5.21. The first-order chi connectivity index (χ1) is 18.9. The van der Waals surface area contributed by atoms with Gasteiger partial charge in [-0.1, -0.05) is 41.2 Å². The molecule has 5 heteroatoms. The number of hydrogen-bond acceptors (Lipinski definition) is 4. The third kappa shape index (κ3) is 3.82. The summed E-state index contributed by atoms with van der Waals surface area (Å²) in [6, 6.07) is 0. The highest BCUT2D eigenvalue weighted by Crippen LogP contribution is 2.77. The quantitative estimate of drug-likeness (QED) is 0.317. The van der Waals surface area contributed by atoms with Gasteiger partial charge in [0.1, 0.15) is 5.69 Å². The molecule has 5 aliphatic rings. The molecule has 1 aromatic rings. The Balaban J connectivity index is 1.33. The molecule has 0 radical (unpaired) electrons. The van der Waals surface area contributed by atoms with Gasteiger partial charge in [-0.15, -0.1) is 0 Å². The van der Waals surface area contributed by atoms with E-state index in [9.17, 15) is 15.3 Å². The molecule has 5 aliphatic carbocycles. The van der Waals surface area contributed by atoms with E-state index in [1.807, 2.05) is 12.4 Å². The minimum absolute atomic E-state index is 0.0144. The van der Waals surface area contributed by atoms with Crippen molar-refractivity contribution in [3.05, 3.63) is 36.4 Å². The lowest BCUT2D eigenvalue weighted by atomic mass is 9.32. The van der Waals surface area contributed by atoms with Crippen LogP contribution in [0.5, 0.6) is 0 Å². The zero-order valence-electron chi connectivity index (χ0n) is 25.8. The third-order valence-electron chi connectivity index (χ3n) is 14.8. The molecule has 0 saturated heterocycles. The van der Waals surface area contributed by atoms with Crippen molar-refractivity contribution in [3.8, 4) is 0 Å². The van der Waals surface area contributed by atoms with Gasteiger partial charge in [-0.2, -0.15) is 4.57 Å². The molecule has 5 nitrogen and oxygen atoms in total. The Morgan fingerprint density at radius 2 is 1.70 bits per heavy atom. The van der Waals surface area contributed by atoms with Crippen molar-refractivity contribution >= 4 is 0 Å². The average molecular weight is 552 g/mol. The standard InChI is InChI=1S/C35H55N2O3/c1-23(19-37-18-17-36-24(20-37)21-38)25-9-14-35(22-39)16-15-33(5)26(30(25)35)7-8-28-32(4)12-11-29(40)31(2,3)27(32)10-13-34(28,33)6/h17-18,20,25-30,38-40H,1,7-16,19,21-22H2,2-6H3/q+1/t25-,26?,27?,28?,29-,30?,32-,33+,34+,35+/m0/s1. The lowest BCUT2D eigenvalue weighted by Gasteiger charge is -2.73. The van der Waals surface area contributed by atoms with E-state index in [0.29, 0.717) is 41.9 Å². The number of allylic oxidation sites excluding steroid dienone is 1. The van der Waals surface area contributed by atoms with Crippen LogP contribution in [0.15, 0.2) is 30.7 Å². The molecule has 10 atom stereocenters. The van der Waals surface area contributed by atoms with Crippen molar-refractivity contribution in [1.82, 2.24) is 4.98 Å². The molecule has 0 spiro atoms. The average Bonchev–Trinajstić information content (AvgIpc) is 3.32. The maximum Gasteiger partial charge on any atom is 0.193 e. The SMILES string of the molecule is C=C(C[n+]1ccnc(CO)c1)[C@@H]1CC[C@]2(CO)CC[C@]3(C)C(CCC4[C@@]5(C)CC[C@H](O)C(C)(C)C5CC[C@]43C)C12. The Morgan fingerprint density at radius 3 is 2.42 bits per heavy atom. The molecule has 6 rings (SSSR count). The summed E-state index contributed by atoms with van der Waals surface area (Å²) >= 11 is 0. The van der Waals surface area contributed by atoms with Crippen LogP contribution in [0.25, 0.3) is 0 Å².